The summed E-state index contributed by atoms with van der Waals surface area (Å²) in [6, 6.07) is 6.36. The molecule has 1 aromatic rings. The van der Waals surface area contributed by atoms with Crippen LogP contribution in [0.25, 0.3) is 0 Å². The zero-order valence-corrected chi connectivity index (χ0v) is 13.4. The van der Waals surface area contributed by atoms with Crippen molar-refractivity contribution >= 4 is 18.4 Å². The number of benzene rings is 1. The molecule has 1 aliphatic heterocycles. The summed E-state index contributed by atoms with van der Waals surface area (Å²) in [4.78, 5) is 0. The fraction of sp³-hybridized carbons (Fsp3) is 0.571. The quantitative estimate of drug-likeness (QED) is 0.799. The Hall–Kier alpha value is -0.410. The summed E-state index contributed by atoms with van der Waals surface area (Å²) in [6.07, 6.45) is 4.57. The maximum absolute atomic E-state index is 5.87. The van der Waals surface area contributed by atoms with Gasteiger partial charge in [-0.2, -0.15) is 0 Å². The molecule has 0 saturated heterocycles. The van der Waals surface area contributed by atoms with Gasteiger partial charge in [0.2, 0.25) is 0 Å². The summed E-state index contributed by atoms with van der Waals surface area (Å²) in [6.45, 7) is 3.39. The second-order valence-corrected chi connectivity index (χ2v) is 8.01. The van der Waals surface area contributed by atoms with E-state index in [9.17, 15) is 0 Å². The lowest BCUT2D eigenvalue weighted by Gasteiger charge is -2.29. The number of hydrogen-bond donors (Lipinski definition) is 1. The lowest BCUT2D eigenvalue weighted by molar-refractivity contribution is 0.267. The van der Waals surface area contributed by atoms with Crippen LogP contribution in [0, 0.1) is 0 Å². The predicted octanol–water partition coefficient (Wildman–Crippen LogP) is 4.16. The molecule has 0 saturated carbocycles. The molecule has 1 unspecified atom stereocenters. The van der Waals surface area contributed by atoms with Crippen LogP contribution < -0.4 is 9.61 Å². The first-order valence-corrected chi connectivity index (χ1v) is 9.62. The summed E-state index contributed by atoms with van der Waals surface area (Å²) in [5, 5.41) is 3.22. The normalized spacial score (nSPS) is 21.8. The minimum Gasteiger partial charge on any atom is -0.432 e. The maximum atomic E-state index is 5.87. The van der Waals surface area contributed by atoms with Gasteiger partial charge < -0.3 is 9.05 Å². The van der Waals surface area contributed by atoms with Crippen LogP contribution in [0.2, 0.25) is 0 Å². The van der Waals surface area contributed by atoms with Crippen LogP contribution in [0.4, 0.5) is 0 Å². The van der Waals surface area contributed by atoms with E-state index in [1.165, 1.54) is 18.4 Å². The van der Waals surface area contributed by atoms with Crippen LogP contribution in [0.1, 0.15) is 44.2 Å². The molecule has 1 aromatic carbocycles. The highest BCUT2D eigenvalue weighted by Gasteiger charge is 2.26. The molecule has 1 atom stereocenters. The molecule has 19 heavy (non-hydrogen) atoms. The third-order valence-corrected chi connectivity index (χ3v) is 5.55. The molecule has 0 radical (unpaired) electrons. The Labute approximate surface area is 120 Å². The molecule has 0 amide bonds. The molecular weight excluding hydrogens is 277 g/mol. The highest BCUT2D eigenvalue weighted by Crippen LogP contribution is 2.50. The van der Waals surface area contributed by atoms with Crippen molar-refractivity contribution in [3.63, 3.8) is 0 Å². The molecule has 0 bridgehead atoms. The molecule has 0 aromatic heterocycles. The van der Waals surface area contributed by atoms with Gasteiger partial charge in [-0.1, -0.05) is 26.3 Å². The van der Waals surface area contributed by atoms with Crippen LogP contribution in [0.5, 0.6) is 5.75 Å². The molecule has 1 N–H and O–H groups in total. The molecule has 0 spiro atoms. The van der Waals surface area contributed by atoms with E-state index >= 15 is 0 Å². The van der Waals surface area contributed by atoms with E-state index in [1.807, 2.05) is 6.07 Å². The van der Waals surface area contributed by atoms with Gasteiger partial charge in [0.25, 0.3) is 0 Å². The molecule has 0 fully saturated rings. The van der Waals surface area contributed by atoms with Gasteiger partial charge in [0.15, 0.2) is 0 Å². The van der Waals surface area contributed by atoms with E-state index in [0.29, 0.717) is 6.61 Å². The van der Waals surface area contributed by atoms with Crippen LogP contribution in [-0.4, -0.2) is 6.54 Å². The van der Waals surface area contributed by atoms with Crippen molar-refractivity contribution in [3.8, 4) is 5.75 Å². The molecule has 1 aliphatic rings. The summed E-state index contributed by atoms with van der Waals surface area (Å²) in [5.74, 6) is 0.887. The van der Waals surface area contributed by atoms with Crippen molar-refractivity contribution < 1.29 is 9.05 Å². The van der Waals surface area contributed by atoms with E-state index in [4.69, 9.17) is 20.9 Å². The van der Waals surface area contributed by atoms with Gasteiger partial charge in [0, 0.05) is 12.1 Å². The highest BCUT2D eigenvalue weighted by molar-refractivity contribution is 8.09. The number of fused-ring (bicyclic) bond motifs is 1. The predicted molar refractivity (Wildman–Crippen MR) is 83.0 cm³/mol. The van der Waals surface area contributed by atoms with Gasteiger partial charge in [0.05, 0.1) is 6.61 Å². The van der Waals surface area contributed by atoms with Crippen molar-refractivity contribution in [1.82, 2.24) is 5.09 Å². The van der Waals surface area contributed by atoms with E-state index in [1.54, 1.807) is 0 Å². The van der Waals surface area contributed by atoms with Gasteiger partial charge in [-0.15, -0.1) is 0 Å². The fourth-order valence-corrected chi connectivity index (χ4v) is 4.13. The minimum absolute atomic E-state index is 0.559. The van der Waals surface area contributed by atoms with E-state index in [0.717, 1.165) is 30.7 Å². The molecule has 0 aliphatic carbocycles. The van der Waals surface area contributed by atoms with Crippen molar-refractivity contribution in [1.29, 1.82) is 0 Å². The second-order valence-electron chi connectivity index (χ2n) is 4.82. The van der Waals surface area contributed by atoms with Gasteiger partial charge >= 0.3 is 6.64 Å². The fourth-order valence-electron chi connectivity index (χ4n) is 2.01. The Morgan fingerprint density at radius 2 is 2.16 bits per heavy atom. The molecular formula is C14H22NO2PS. The Morgan fingerprint density at radius 1 is 1.32 bits per heavy atom. The van der Waals surface area contributed by atoms with Gasteiger partial charge in [-0.05, 0) is 48.8 Å². The van der Waals surface area contributed by atoms with Crippen molar-refractivity contribution in [3.05, 3.63) is 29.3 Å². The van der Waals surface area contributed by atoms with Crippen molar-refractivity contribution in [2.24, 2.45) is 0 Å². The van der Waals surface area contributed by atoms with E-state index < -0.39 is 6.64 Å². The van der Waals surface area contributed by atoms with Crippen molar-refractivity contribution in [2.45, 2.75) is 46.1 Å². The number of hydrogen-bond acceptors (Lipinski definition) is 3. The first kappa shape index (κ1) is 15.0. The zero-order valence-electron chi connectivity index (χ0n) is 11.6. The summed E-state index contributed by atoms with van der Waals surface area (Å²) in [5.41, 5.74) is 2.47. The first-order valence-electron chi connectivity index (χ1n) is 6.98. The monoisotopic (exact) mass is 299 g/mol. The summed E-state index contributed by atoms with van der Waals surface area (Å²) < 4.78 is 11.6. The SMILES string of the molecule is CCCCc1ccc2c(c1)COP(=S)(NCCC)O2. The Kier molecular flexibility index (Phi) is 5.40. The lowest BCUT2D eigenvalue weighted by atomic mass is 10.1. The molecule has 3 nitrogen and oxygen atoms in total. The van der Waals surface area contributed by atoms with Crippen molar-refractivity contribution in [2.75, 3.05) is 6.54 Å². The van der Waals surface area contributed by atoms with E-state index in [2.05, 4.69) is 31.1 Å². The summed E-state index contributed by atoms with van der Waals surface area (Å²) in [7, 11) is 0. The number of nitrogens with one attached hydrogen (secondary N) is 1. The van der Waals surface area contributed by atoms with Crippen LogP contribution in [0.3, 0.4) is 0 Å². The van der Waals surface area contributed by atoms with Gasteiger partial charge in [-0.3, -0.25) is 0 Å². The average Bonchev–Trinajstić information content (AvgIpc) is 2.43. The molecule has 106 valence electrons. The Balaban J connectivity index is 2.07. The number of rotatable bonds is 6. The van der Waals surface area contributed by atoms with Gasteiger partial charge in [-0.25, -0.2) is 5.09 Å². The number of unbranched alkanes of at least 4 members (excludes halogenated alkanes) is 1. The van der Waals surface area contributed by atoms with Crippen LogP contribution in [-0.2, 0) is 29.4 Å². The van der Waals surface area contributed by atoms with Crippen LogP contribution >= 0.6 is 6.64 Å². The Morgan fingerprint density at radius 3 is 2.89 bits per heavy atom. The molecule has 1 heterocycles. The minimum atomic E-state index is -2.32. The zero-order chi connectivity index (χ0) is 13.7. The van der Waals surface area contributed by atoms with E-state index in [-0.39, 0.29) is 0 Å². The van der Waals surface area contributed by atoms with Crippen LogP contribution in [0.15, 0.2) is 18.2 Å². The number of aryl methyl sites for hydroxylation is 1. The van der Waals surface area contributed by atoms with Gasteiger partial charge in [0.1, 0.15) is 5.75 Å². The molecule has 2 rings (SSSR count). The average molecular weight is 299 g/mol. The lowest BCUT2D eigenvalue weighted by Crippen LogP contribution is -2.20. The topological polar surface area (TPSA) is 30.5 Å². The smallest absolute Gasteiger partial charge is 0.313 e. The highest BCUT2D eigenvalue weighted by atomic mass is 32.5. The summed E-state index contributed by atoms with van der Waals surface area (Å²) >= 11 is 5.45. The maximum Gasteiger partial charge on any atom is 0.313 e. The third kappa shape index (κ3) is 4.03. The first-order chi connectivity index (χ1) is 9.17. The second kappa shape index (κ2) is 6.85. The largest absolute Gasteiger partial charge is 0.432 e. The molecule has 5 heteroatoms. The Bertz CT molecular complexity index is 479. The third-order valence-electron chi connectivity index (χ3n) is 3.11. The standard InChI is InChI=1S/C14H22NO2PS/c1-3-5-6-12-7-8-14-13(10-12)11-16-18(19,17-14)15-9-4-2/h7-8,10H,3-6,9,11H2,1-2H3,(H,15,19).